The Hall–Kier alpha value is -2.63. The van der Waals surface area contributed by atoms with E-state index in [0.29, 0.717) is 18.4 Å². The van der Waals surface area contributed by atoms with Gasteiger partial charge in [-0.1, -0.05) is 12.1 Å². The lowest BCUT2D eigenvalue weighted by atomic mass is 9.91. The number of fused-ring (bicyclic) bond motifs is 2. The molecule has 6 heteroatoms. The van der Waals surface area contributed by atoms with Gasteiger partial charge in [-0.3, -0.25) is 0 Å². The zero-order valence-corrected chi connectivity index (χ0v) is 14.8. The van der Waals surface area contributed by atoms with Gasteiger partial charge in [-0.15, -0.1) is 0 Å². The van der Waals surface area contributed by atoms with E-state index in [0.717, 1.165) is 31.0 Å². The van der Waals surface area contributed by atoms with Crippen molar-refractivity contribution < 1.29 is 4.74 Å². The molecule has 26 heavy (non-hydrogen) atoms. The van der Waals surface area contributed by atoms with Crippen molar-refractivity contribution in [2.45, 2.75) is 44.6 Å². The van der Waals surface area contributed by atoms with Crippen LogP contribution in [0.5, 0.6) is 5.75 Å². The summed E-state index contributed by atoms with van der Waals surface area (Å²) in [7, 11) is 0. The number of hydrogen-bond donors (Lipinski definition) is 0. The number of hydrogen-bond acceptors (Lipinski definition) is 5. The Morgan fingerprint density at radius 2 is 2.04 bits per heavy atom. The first kappa shape index (κ1) is 15.6. The number of rotatable bonds is 4. The molecule has 1 aliphatic heterocycles. The minimum atomic E-state index is 0.351. The first-order valence-electron chi connectivity index (χ1n) is 9.55. The zero-order valence-electron chi connectivity index (χ0n) is 14.8. The van der Waals surface area contributed by atoms with E-state index in [1.807, 2.05) is 16.8 Å². The molecule has 1 atom stereocenters. The number of aryl methyl sites for hydroxylation is 1. The van der Waals surface area contributed by atoms with E-state index in [-0.39, 0.29) is 0 Å². The van der Waals surface area contributed by atoms with Crippen LogP contribution in [0.2, 0.25) is 0 Å². The fourth-order valence-electron chi connectivity index (χ4n) is 4.32. The molecule has 1 aromatic carbocycles. The number of aromatic nitrogens is 4. The monoisotopic (exact) mass is 349 g/mol. The molecular formula is C20H23N5O. The Morgan fingerprint density at radius 3 is 3.04 bits per heavy atom. The van der Waals surface area contributed by atoms with Crippen LogP contribution < -0.4 is 9.64 Å². The maximum atomic E-state index is 6.33. The highest BCUT2D eigenvalue weighted by Gasteiger charge is 2.28. The van der Waals surface area contributed by atoms with Crippen molar-refractivity contribution in [1.29, 1.82) is 0 Å². The highest BCUT2D eigenvalue weighted by atomic mass is 16.5. The Kier molecular flexibility index (Phi) is 3.96. The minimum absolute atomic E-state index is 0.351. The molecule has 5 rings (SSSR count). The van der Waals surface area contributed by atoms with Crippen LogP contribution in [0.15, 0.2) is 36.8 Å². The second-order valence-corrected chi connectivity index (χ2v) is 7.18. The van der Waals surface area contributed by atoms with Crippen molar-refractivity contribution in [1.82, 2.24) is 19.6 Å². The summed E-state index contributed by atoms with van der Waals surface area (Å²) in [5, 5.41) is 4.33. The van der Waals surface area contributed by atoms with Gasteiger partial charge in [0.15, 0.2) is 0 Å². The number of anilines is 1. The van der Waals surface area contributed by atoms with Gasteiger partial charge in [-0.2, -0.15) is 14.6 Å². The SMILES string of the molecule is c1cc2c(c(OC[C@H]3CCCN3c3ccnc4ncnn34)c1)CCCC2. The lowest BCUT2D eigenvalue weighted by Gasteiger charge is -2.27. The molecule has 3 aromatic rings. The summed E-state index contributed by atoms with van der Waals surface area (Å²) >= 11 is 0. The van der Waals surface area contributed by atoms with Crippen molar-refractivity contribution >= 4 is 11.6 Å². The molecular weight excluding hydrogens is 326 g/mol. The molecule has 0 spiro atoms. The summed E-state index contributed by atoms with van der Waals surface area (Å²) in [5.74, 6) is 2.77. The van der Waals surface area contributed by atoms with Crippen molar-refractivity contribution in [3.63, 3.8) is 0 Å². The summed E-state index contributed by atoms with van der Waals surface area (Å²) in [6.07, 6.45) is 10.6. The summed E-state index contributed by atoms with van der Waals surface area (Å²) in [6, 6.07) is 8.88. The molecule has 0 N–H and O–H groups in total. The summed E-state index contributed by atoms with van der Waals surface area (Å²) in [4.78, 5) is 10.9. The normalized spacial score (nSPS) is 19.7. The molecule has 0 bridgehead atoms. The lowest BCUT2D eigenvalue weighted by Crippen LogP contribution is -2.35. The molecule has 1 fully saturated rings. The third-order valence-corrected chi connectivity index (χ3v) is 5.62. The van der Waals surface area contributed by atoms with Gasteiger partial charge in [0.2, 0.25) is 0 Å². The Labute approximate surface area is 152 Å². The van der Waals surface area contributed by atoms with Crippen molar-refractivity contribution in [2.24, 2.45) is 0 Å². The van der Waals surface area contributed by atoms with Crippen LogP contribution in [0.25, 0.3) is 5.78 Å². The fraction of sp³-hybridized carbons (Fsp3) is 0.450. The van der Waals surface area contributed by atoms with Crippen molar-refractivity contribution in [2.75, 3.05) is 18.1 Å². The smallest absolute Gasteiger partial charge is 0.254 e. The van der Waals surface area contributed by atoms with Crippen LogP contribution in [0.1, 0.15) is 36.8 Å². The van der Waals surface area contributed by atoms with Gasteiger partial charge in [-0.05, 0) is 61.8 Å². The van der Waals surface area contributed by atoms with E-state index < -0.39 is 0 Å². The lowest BCUT2D eigenvalue weighted by molar-refractivity contribution is 0.284. The topological polar surface area (TPSA) is 55.5 Å². The Morgan fingerprint density at radius 1 is 1.08 bits per heavy atom. The number of benzene rings is 1. The van der Waals surface area contributed by atoms with Crippen LogP contribution in [-0.2, 0) is 12.8 Å². The fourth-order valence-corrected chi connectivity index (χ4v) is 4.32. The highest BCUT2D eigenvalue weighted by molar-refractivity contribution is 5.47. The summed E-state index contributed by atoms with van der Waals surface area (Å²) < 4.78 is 8.15. The Balaban J connectivity index is 1.37. The predicted octanol–water partition coefficient (Wildman–Crippen LogP) is 3.05. The first-order valence-corrected chi connectivity index (χ1v) is 9.55. The average Bonchev–Trinajstić information content (AvgIpc) is 3.35. The molecule has 134 valence electrons. The minimum Gasteiger partial charge on any atom is -0.491 e. The van der Waals surface area contributed by atoms with Gasteiger partial charge >= 0.3 is 0 Å². The maximum absolute atomic E-state index is 6.33. The third kappa shape index (κ3) is 2.69. The van der Waals surface area contributed by atoms with E-state index in [1.54, 1.807) is 6.33 Å². The molecule has 0 saturated carbocycles. The van der Waals surface area contributed by atoms with Crippen LogP contribution >= 0.6 is 0 Å². The molecule has 6 nitrogen and oxygen atoms in total. The molecule has 0 radical (unpaired) electrons. The van der Waals surface area contributed by atoms with Gasteiger partial charge in [0.05, 0.1) is 6.04 Å². The van der Waals surface area contributed by atoms with E-state index in [1.165, 1.54) is 36.8 Å². The third-order valence-electron chi connectivity index (χ3n) is 5.62. The molecule has 3 heterocycles. The van der Waals surface area contributed by atoms with Gasteiger partial charge < -0.3 is 9.64 Å². The maximum Gasteiger partial charge on any atom is 0.254 e. The van der Waals surface area contributed by atoms with E-state index in [4.69, 9.17) is 4.74 Å². The molecule has 2 aliphatic rings. The van der Waals surface area contributed by atoms with Crippen molar-refractivity contribution in [3.8, 4) is 5.75 Å². The zero-order chi connectivity index (χ0) is 17.3. The van der Waals surface area contributed by atoms with Gasteiger partial charge in [0, 0.05) is 12.7 Å². The van der Waals surface area contributed by atoms with Crippen LogP contribution in [0.3, 0.4) is 0 Å². The molecule has 1 aliphatic carbocycles. The number of ether oxygens (including phenoxy) is 1. The van der Waals surface area contributed by atoms with Crippen LogP contribution in [0.4, 0.5) is 5.82 Å². The van der Waals surface area contributed by atoms with Gasteiger partial charge in [0.1, 0.15) is 24.5 Å². The van der Waals surface area contributed by atoms with Crippen molar-refractivity contribution in [3.05, 3.63) is 47.9 Å². The molecule has 1 saturated heterocycles. The van der Waals surface area contributed by atoms with Gasteiger partial charge in [-0.25, -0.2) is 4.98 Å². The van der Waals surface area contributed by atoms with Gasteiger partial charge in [0.25, 0.3) is 5.78 Å². The van der Waals surface area contributed by atoms with E-state index >= 15 is 0 Å². The highest BCUT2D eigenvalue weighted by Crippen LogP contribution is 2.31. The van der Waals surface area contributed by atoms with E-state index in [2.05, 4.69) is 38.2 Å². The molecule has 0 amide bonds. The van der Waals surface area contributed by atoms with Crippen LogP contribution in [0, 0.1) is 0 Å². The van der Waals surface area contributed by atoms with Crippen LogP contribution in [-0.4, -0.2) is 38.8 Å². The molecule has 2 aromatic heterocycles. The average molecular weight is 349 g/mol. The second kappa shape index (κ2) is 6.59. The Bertz CT molecular complexity index is 921. The number of nitrogens with zero attached hydrogens (tertiary/aromatic N) is 5. The second-order valence-electron chi connectivity index (χ2n) is 7.18. The first-order chi connectivity index (χ1) is 12.9. The largest absolute Gasteiger partial charge is 0.491 e. The quantitative estimate of drug-likeness (QED) is 0.725. The summed E-state index contributed by atoms with van der Waals surface area (Å²) in [6.45, 7) is 1.72. The van der Waals surface area contributed by atoms with E-state index in [9.17, 15) is 0 Å². The predicted molar refractivity (Wildman–Crippen MR) is 99.7 cm³/mol. The summed E-state index contributed by atoms with van der Waals surface area (Å²) in [5.41, 5.74) is 2.89. The standard InChI is InChI=1S/C20H23N5O/c1-2-8-17-15(5-1)6-3-9-18(17)26-13-16-7-4-12-24(16)19-10-11-21-20-22-14-23-25(19)20/h3,6,9-11,14,16H,1-2,4-5,7-8,12-13H2/t16-/m1/s1. The molecule has 0 unspecified atom stereocenters.